The van der Waals surface area contributed by atoms with Crippen molar-refractivity contribution in [3.8, 4) is 0 Å². The number of nitrogens with one attached hydrogen (secondary N) is 2. The Labute approximate surface area is 108 Å². The highest BCUT2D eigenvalue weighted by atomic mass is 16.5. The van der Waals surface area contributed by atoms with Crippen molar-refractivity contribution >= 4 is 5.97 Å². The summed E-state index contributed by atoms with van der Waals surface area (Å²) in [6, 6.07) is 7.53. The molecule has 0 spiro atoms. The Morgan fingerprint density at radius 1 is 1.44 bits per heavy atom. The third kappa shape index (κ3) is 3.09. The zero-order chi connectivity index (χ0) is 13.0. The van der Waals surface area contributed by atoms with Gasteiger partial charge in [0.1, 0.15) is 0 Å². The fourth-order valence-electron chi connectivity index (χ4n) is 2.16. The van der Waals surface area contributed by atoms with Crippen molar-refractivity contribution in [3.63, 3.8) is 0 Å². The molecule has 98 valence electrons. The fraction of sp³-hybridized carbons (Fsp3) is 0.500. The zero-order valence-corrected chi connectivity index (χ0v) is 11.0. The van der Waals surface area contributed by atoms with Crippen LogP contribution in [0, 0.1) is 0 Å². The van der Waals surface area contributed by atoms with E-state index in [0.717, 1.165) is 26.1 Å². The van der Waals surface area contributed by atoms with Gasteiger partial charge >= 0.3 is 5.97 Å². The van der Waals surface area contributed by atoms with E-state index in [-0.39, 0.29) is 11.5 Å². The number of carbonyl (C=O) groups is 1. The molecule has 1 saturated heterocycles. The lowest BCUT2D eigenvalue weighted by Crippen LogP contribution is -2.43. The summed E-state index contributed by atoms with van der Waals surface area (Å²) in [4.78, 5) is 11.3. The monoisotopic (exact) mass is 248 g/mol. The number of benzene rings is 1. The normalized spacial score (nSPS) is 23.0. The molecule has 0 bridgehead atoms. The maximum absolute atomic E-state index is 11.3. The summed E-state index contributed by atoms with van der Waals surface area (Å²) in [7, 11) is 1.39. The average Bonchev–Trinajstić information content (AvgIpc) is 2.83. The summed E-state index contributed by atoms with van der Waals surface area (Å²) >= 11 is 0. The number of ether oxygens (including phenoxy) is 1. The smallest absolute Gasteiger partial charge is 0.337 e. The SMILES string of the molecule is COC(=O)c1ccc(CNC2(C)CCNC2)cc1. The van der Waals surface area contributed by atoms with Crippen molar-refractivity contribution in [3.05, 3.63) is 35.4 Å². The van der Waals surface area contributed by atoms with E-state index in [1.807, 2.05) is 12.1 Å². The third-order valence-corrected chi connectivity index (χ3v) is 3.46. The number of rotatable bonds is 4. The van der Waals surface area contributed by atoms with Crippen molar-refractivity contribution < 1.29 is 9.53 Å². The second-order valence-corrected chi connectivity index (χ2v) is 5.03. The minimum Gasteiger partial charge on any atom is -0.465 e. The minimum absolute atomic E-state index is 0.182. The third-order valence-electron chi connectivity index (χ3n) is 3.46. The van der Waals surface area contributed by atoms with Gasteiger partial charge in [0, 0.05) is 18.6 Å². The van der Waals surface area contributed by atoms with E-state index in [2.05, 4.69) is 22.3 Å². The van der Waals surface area contributed by atoms with Gasteiger partial charge in [-0.15, -0.1) is 0 Å². The fourth-order valence-corrected chi connectivity index (χ4v) is 2.16. The topological polar surface area (TPSA) is 50.4 Å². The Kier molecular flexibility index (Phi) is 3.99. The number of hydrogen-bond acceptors (Lipinski definition) is 4. The lowest BCUT2D eigenvalue weighted by atomic mass is 10.0. The summed E-state index contributed by atoms with van der Waals surface area (Å²) in [5, 5.41) is 6.92. The molecular formula is C14H20N2O2. The van der Waals surface area contributed by atoms with E-state index in [4.69, 9.17) is 0 Å². The molecule has 18 heavy (non-hydrogen) atoms. The predicted molar refractivity (Wildman–Crippen MR) is 70.5 cm³/mol. The van der Waals surface area contributed by atoms with Crippen LogP contribution < -0.4 is 10.6 Å². The molecule has 0 radical (unpaired) electrons. The largest absolute Gasteiger partial charge is 0.465 e. The number of hydrogen-bond donors (Lipinski definition) is 2. The van der Waals surface area contributed by atoms with Gasteiger partial charge in [-0.2, -0.15) is 0 Å². The Morgan fingerprint density at radius 2 is 2.17 bits per heavy atom. The van der Waals surface area contributed by atoms with E-state index in [0.29, 0.717) is 5.56 Å². The van der Waals surface area contributed by atoms with Crippen LogP contribution in [0.25, 0.3) is 0 Å². The first-order chi connectivity index (χ1) is 8.63. The van der Waals surface area contributed by atoms with Crippen LogP contribution >= 0.6 is 0 Å². The van der Waals surface area contributed by atoms with Gasteiger partial charge in [-0.25, -0.2) is 4.79 Å². The van der Waals surface area contributed by atoms with E-state index in [1.54, 1.807) is 12.1 Å². The molecule has 0 amide bonds. The maximum Gasteiger partial charge on any atom is 0.337 e. The molecular weight excluding hydrogens is 228 g/mol. The van der Waals surface area contributed by atoms with Crippen LogP contribution in [-0.2, 0) is 11.3 Å². The number of carbonyl (C=O) groups excluding carboxylic acids is 1. The quantitative estimate of drug-likeness (QED) is 0.789. The van der Waals surface area contributed by atoms with Crippen molar-refractivity contribution in [2.24, 2.45) is 0 Å². The Balaban J connectivity index is 1.92. The summed E-state index contributed by atoms with van der Waals surface area (Å²) in [6.07, 6.45) is 1.15. The molecule has 0 aromatic heterocycles. The molecule has 2 rings (SSSR count). The van der Waals surface area contributed by atoms with E-state index >= 15 is 0 Å². The highest BCUT2D eigenvalue weighted by Gasteiger charge is 2.27. The first-order valence-corrected chi connectivity index (χ1v) is 6.26. The number of methoxy groups -OCH3 is 1. The van der Waals surface area contributed by atoms with Gasteiger partial charge in [-0.05, 0) is 37.6 Å². The van der Waals surface area contributed by atoms with Crippen LogP contribution in [0.4, 0.5) is 0 Å². The summed E-state index contributed by atoms with van der Waals surface area (Å²) in [5.41, 5.74) is 1.95. The Hall–Kier alpha value is -1.39. The molecule has 1 unspecified atom stereocenters. The highest BCUT2D eigenvalue weighted by molar-refractivity contribution is 5.89. The summed E-state index contributed by atoms with van der Waals surface area (Å²) in [6.45, 7) is 5.13. The Bertz CT molecular complexity index is 408. The molecule has 1 aromatic carbocycles. The van der Waals surface area contributed by atoms with E-state index < -0.39 is 0 Å². The van der Waals surface area contributed by atoms with Crippen LogP contribution in [0.5, 0.6) is 0 Å². The van der Waals surface area contributed by atoms with Crippen molar-refractivity contribution in [1.82, 2.24) is 10.6 Å². The van der Waals surface area contributed by atoms with Gasteiger partial charge in [0.2, 0.25) is 0 Å². The molecule has 0 aliphatic carbocycles. The van der Waals surface area contributed by atoms with Crippen molar-refractivity contribution in [2.45, 2.75) is 25.4 Å². The lowest BCUT2D eigenvalue weighted by molar-refractivity contribution is 0.0600. The molecule has 4 nitrogen and oxygen atoms in total. The summed E-state index contributed by atoms with van der Waals surface area (Å²) < 4.78 is 4.67. The van der Waals surface area contributed by atoms with Gasteiger partial charge in [-0.3, -0.25) is 0 Å². The molecule has 1 aliphatic rings. The minimum atomic E-state index is -0.290. The van der Waals surface area contributed by atoms with E-state index in [9.17, 15) is 4.79 Å². The molecule has 1 heterocycles. The number of esters is 1. The molecule has 1 aliphatic heterocycles. The first-order valence-electron chi connectivity index (χ1n) is 6.26. The van der Waals surface area contributed by atoms with Crippen LogP contribution in [0.15, 0.2) is 24.3 Å². The Morgan fingerprint density at radius 3 is 2.72 bits per heavy atom. The van der Waals surface area contributed by atoms with Crippen LogP contribution in [0.2, 0.25) is 0 Å². The highest BCUT2D eigenvalue weighted by Crippen LogP contribution is 2.14. The first kappa shape index (κ1) is 13.1. The summed E-state index contributed by atoms with van der Waals surface area (Å²) in [5.74, 6) is -0.290. The second kappa shape index (κ2) is 5.50. The zero-order valence-electron chi connectivity index (χ0n) is 11.0. The molecule has 1 fully saturated rings. The van der Waals surface area contributed by atoms with Gasteiger partial charge in [0.15, 0.2) is 0 Å². The van der Waals surface area contributed by atoms with E-state index in [1.165, 1.54) is 12.7 Å². The van der Waals surface area contributed by atoms with Crippen LogP contribution in [-0.4, -0.2) is 31.7 Å². The predicted octanol–water partition coefficient (Wildman–Crippen LogP) is 1.31. The van der Waals surface area contributed by atoms with Gasteiger partial charge in [-0.1, -0.05) is 12.1 Å². The standard InChI is InChI=1S/C14H20N2O2/c1-14(7-8-15-10-14)16-9-11-3-5-12(6-4-11)13(17)18-2/h3-6,15-16H,7-10H2,1-2H3. The van der Waals surface area contributed by atoms with Gasteiger partial charge in [0.05, 0.1) is 12.7 Å². The van der Waals surface area contributed by atoms with Crippen LogP contribution in [0.1, 0.15) is 29.3 Å². The maximum atomic E-state index is 11.3. The molecule has 1 aromatic rings. The molecule has 4 heteroatoms. The second-order valence-electron chi connectivity index (χ2n) is 5.03. The average molecular weight is 248 g/mol. The van der Waals surface area contributed by atoms with Gasteiger partial charge in [0.25, 0.3) is 0 Å². The molecule has 2 N–H and O–H groups in total. The van der Waals surface area contributed by atoms with Crippen molar-refractivity contribution in [1.29, 1.82) is 0 Å². The lowest BCUT2D eigenvalue weighted by Gasteiger charge is -2.24. The molecule has 0 saturated carbocycles. The van der Waals surface area contributed by atoms with Crippen LogP contribution in [0.3, 0.4) is 0 Å². The molecule has 1 atom stereocenters. The van der Waals surface area contributed by atoms with Crippen molar-refractivity contribution in [2.75, 3.05) is 20.2 Å². The van der Waals surface area contributed by atoms with Gasteiger partial charge < -0.3 is 15.4 Å².